The van der Waals surface area contributed by atoms with Crippen molar-refractivity contribution in [2.45, 2.75) is 6.92 Å². The molecule has 0 radical (unpaired) electrons. The average Bonchev–Trinajstić information content (AvgIpc) is 2.63. The highest BCUT2D eigenvalue weighted by atomic mass is 79.9. The second kappa shape index (κ2) is 3.79. The number of anilines is 1. The van der Waals surface area contributed by atoms with Gasteiger partial charge in [-0.2, -0.15) is 0 Å². The Morgan fingerprint density at radius 1 is 1.57 bits per heavy atom. The van der Waals surface area contributed by atoms with Crippen LogP contribution in [-0.2, 0) is 0 Å². The molecule has 0 saturated carbocycles. The fourth-order valence-corrected chi connectivity index (χ4v) is 2.83. The van der Waals surface area contributed by atoms with E-state index in [1.54, 1.807) is 11.3 Å². The van der Waals surface area contributed by atoms with Crippen molar-refractivity contribution >= 4 is 43.0 Å². The number of hydrogen-bond donors (Lipinski definition) is 1. The van der Waals surface area contributed by atoms with Crippen molar-refractivity contribution in [3.8, 4) is 5.75 Å². The number of thiophene rings is 1. The number of fused-ring (bicyclic) bond motifs is 1. The SMILES string of the molecule is CCOc1cc(N)c(Br)c2sccc12. The number of halogens is 1. The summed E-state index contributed by atoms with van der Waals surface area (Å²) in [7, 11) is 0. The second-order valence-corrected chi connectivity index (χ2v) is 4.58. The maximum Gasteiger partial charge on any atom is 0.130 e. The zero-order chi connectivity index (χ0) is 10.1. The molecule has 4 heteroatoms. The molecule has 1 heterocycles. The van der Waals surface area contributed by atoms with Gasteiger partial charge in [-0.1, -0.05) is 0 Å². The normalized spacial score (nSPS) is 10.7. The van der Waals surface area contributed by atoms with E-state index in [4.69, 9.17) is 10.5 Å². The van der Waals surface area contributed by atoms with Crippen LogP contribution in [0.1, 0.15) is 6.92 Å². The predicted octanol–water partition coefficient (Wildman–Crippen LogP) is 3.64. The van der Waals surface area contributed by atoms with E-state index in [0.29, 0.717) is 6.61 Å². The van der Waals surface area contributed by atoms with E-state index in [0.717, 1.165) is 26.0 Å². The van der Waals surface area contributed by atoms with Crippen LogP contribution in [0.15, 0.2) is 22.0 Å². The molecule has 0 fully saturated rings. The van der Waals surface area contributed by atoms with Gasteiger partial charge in [0.2, 0.25) is 0 Å². The molecule has 0 bridgehead atoms. The third-order valence-corrected chi connectivity index (χ3v) is 4.02. The first-order chi connectivity index (χ1) is 6.74. The molecular weight excluding hydrogens is 262 g/mol. The summed E-state index contributed by atoms with van der Waals surface area (Å²) in [4.78, 5) is 0. The van der Waals surface area contributed by atoms with Gasteiger partial charge in [-0.25, -0.2) is 0 Å². The van der Waals surface area contributed by atoms with Crippen molar-refractivity contribution in [1.29, 1.82) is 0 Å². The summed E-state index contributed by atoms with van der Waals surface area (Å²) in [5.74, 6) is 0.865. The van der Waals surface area contributed by atoms with Gasteiger partial charge >= 0.3 is 0 Å². The highest BCUT2D eigenvalue weighted by Gasteiger charge is 2.09. The highest BCUT2D eigenvalue weighted by Crippen LogP contribution is 2.39. The summed E-state index contributed by atoms with van der Waals surface area (Å²) >= 11 is 5.14. The number of nitrogens with two attached hydrogens (primary N) is 1. The Hall–Kier alpha value is -0.740. The van der Waals surface area contributed by atoms with Gasteiger partial charge in [0.25, 0.3) is 0 Å². The number of benzene rings is 1. The van der Waals surface area contributed by atoms with E-state index in [1.165, 1.54) is 0 Å². The van der Waals surface area contributed by atoms with Crippen LogP contribution < -0.4 is 10.5 Å². The number of nitrogen functional groups attached to an aromatic ring is 1. The lowest BCUT2D eigenvalue weighted by Crippen LogP contribution is -1.94. The van der Waals surface area contributed by atoms with Crippen LogP contribution in [0, 0.1) is 0 Å². The molecule has 0 aliphatic heterocycles. The molecule has 1 aromatic heterocycles. The molecule has 0 unspecified atom stereocenters. The molecular formula is C10H10BrNOS. The van der Waals surface area contributed by atoms with Crippen LogP contribution in [0.3, 0.4) is 0 Å². The van der Waals surface area contributed by atoms with Crippen molar-refractivity contribution in [1.82, 2.24) is 0 Å². The lowest BCUT2D eigenvalue weighted by molar-refractivity contribution is 0.344. The third-order valence-electron chi connectivity index (χ3n) is 1.97. The summed E-state index contributed by atoms with van der Waals surface area (Å²) in [5, 5.41) is 3.16. The minimum atomic E-state index is 0.659. The Balaban J connectivity index is 2.71. The average molecular weight is 272 g/mol. The molecule has 2 aromatic rings. The molecule has 0 amide bonds. The number of ether oxygens (including phenoxy) is 1. The summed E-state index contributed by atoms with van der Waals surface area (Å²) in [5.41, 5.74) is 6.58. The first-order valence-corrected chi connectivity index (χ1v) is 5.99. The van der Waals surface area contributed by atoms with Crippen LogP contribution in [-0.4, -0.2) is 6.61 Å². The van der Waals surface area contributed by atoms with Crippen LogP contribution >= 0.6 is 27.3 Å². The molecule has 14 heavy (non-hydrogen) atoms. The van der Waals surface area contributed by atoms with Crippen molar-refractivity contribution in [2.75, 3.05) is 12.3 Å². The molecule has 2 N–H and O–H groups in total. The first-order valence-electron chi connectivity index (χ1n) is 4.32. The van der Waals surface area contributed by atoms with Crippen molar-refractivity contribution in [3.05, 3.63) is 22.0 Å². The smallest absolute Gasteiger partial charge is 0.130 e. The van der Waals surface area contributed by atoms with E-state index in [2.05, 4.69) is 22.0 Å². The largest absolute Gasteiger partial charge is 0.493 e. The minimum Gasteiger partial charge on any atom is -0.493 e. The zero-order valence-corrected chi connectivity index (χ0v) is 10.1. The molecule has 0 saturated heterocycles. The van der Waals surface area contributed by atoms with Crippen LogP contribution in [0.2, 0.25) is 0 Å². The molecule has 0 aliphatic carbocycles. The standard InChI is InChI=1S/C10H10BrNOS/c1-2-13-8-5-7(12)9(11)10-6(8)3-4-14-10/h3-5H,2,12H2,1H3. The summed E-state index contributed by atoms with van der Waals surface area (Å²) in [6, 6.07) is 3.91. The van der Waals surface area contributed by atoms with Crippen molar-refractivity contribution < 1.29 is 4.74 Å². The summed E-state index contributed by atoms with van der Waals surface area (Å²) in [6.45, 7) is 2.63. The maximum atomic E-state index is 5.86. The molecule has 0 aliphatic rings. The van der Waals surface area contributed by atoms with Gasteiger partial charge in [-0.3, -0.25) is 0 Å². The molecule has 74 valence electrons. The fraction of sp³-hybridized carbons (Fsp3) is 0.200. The molecule has 2 nitrogen and oxygen atoms in total. The van der Waals surface area contributed by atoms with Gasteiger partial charge in [-0.05, 0) is 34.3 Å². The summed E-state index contributed by atoms with van der Waals surface area (Å²) < 4.78 is 7.63. The van der Waals surface area contributed by atoms with Crippen molar-refractivity contribution in [3.63, 3.8) is 0 Å². The van der Waals surface area contributed by atoms with Gasteiger partial charge < -0.3 is 10.5 Å². The summed E-state index contributed by atoms with van der Waals surface area (Å²) in [6.07, 6.45) is 0. The van der Waals surface area contributed by atoms with E-state index in [9.17, 15) is 0 Å². The van der Waals surface area contributed by atoms with E-state index in [-0.39, 0.29) is 0 Å². The van der Waals surface area contributed by atoms with Gasteiger partial charge in [0.05, 0.1) is 21.5 Å². The number of rotatable bonds is 2. The van der Waals surface area contributed by atoms with Gasteiger partial charge in [0.1, 0.15) is 5.75 Å². The van der Waals surface area contributed by atoms with E-state index >= 15 is 0 Å². The lowest BCUT2D eigenvalue weighted by atomic mass is 10.2. The highest BCUT2D eigenvalue weighted by molar-refractivity contribution is 9.10. The maximum absolute atomic E-state index is 5.86. The Labute approximate surface area is 94.8 Å². The topological polar surface area (TPSA) is 35.2 Å². The molecule has 2 rings (SSSR count). The first kappa shape index (κ1) is 9.80. The Bertz CT molecular complexity index is 466. The molecule has 1 aromatic carbocycles. The quantitative estimate of drug-likeness (QED) is 0.847. The Morgan fingerprint density at radius 2 is 2.36 bits per heavy atom. The predicted molar refractivity (Wildman–Crippen MR) is 65.1 cm³/mol. The Kier molecular flexibility index (Phi) is 2.65. The second-order valence-electron chi connectivity index (χ2n) is 2.87. The van der Waals surface area contributed by atoms with Gasteiger partial charge in [-0.15, -0.1) is 11.3 Å². The van der Waals surface area contributed by atoms with Crippen LogP contribution in [0.5, 0.6) is 5.75 Å². The van der Waals surface area contributed by atoms with E-state index < -0.39 is 0 Å². The third kappa shape index (κ3) is 1.48. The van der Waals surface area contributed by atoms with Crippen LogP contribution in [0.25, 0.3) is 10.1 Å². The van der Waals surface area contributed by atoms with Gasteiger partial charge in [0.15, 0.2) is 0 Å². The zero-order valence-electron chi connectivity index (χ0n) is 7.71. The molecule has 0 atom stereocenters. The monoisotopic (exact) mass is 271 g/mol. The van der Waals surface area contributed by atoms with E-state index in [1.807, 2.05) is 18.4 Å². The van der Waals surface area contributed by atoms with Crippen molar-refractivity contribution in [2.24, 2.45) is 0 Å². The minimum absolute atomic E-state index is 0.659. The fourth-order valence-electron chi connectivity index (χ4n) is 1.36. The lowest BCUT2D eigenvalue weighted by Gasteiger charge is -2.07. The van der Waals surface area contributed by atoms with Crippen LogP contribution in [0.4, 0.5) is 5.69 Å². The Morgan fingerprint density at radius 3 is 3.07 bits per heavy atom. The molecule has 0 spiro atoms. The van der Waals surface area contributed by atoms with Gasteiger partial charge in [0, 0.05) is 11.5 Å². The number of hydrogen-bond acceptors (Lipinski definition) is 3.